The van der Waals surface area contributed by atoms with E-state index >= 15 is 0 Å². The molecule has 1 rings (SSSR count). The molecule has 0 aromatic carbocycles. The Hall–Kier alpha value is -0.910. The zero-order valence-electron chi connectivity index (χ0n) is 8.85. The molecule has 0 aliphatic heterocycles. The van der Waals surface area contributed by atoms with Crippen LogP contribution in [-0.2, 0) is 10.0 Å². The maximum absolute atomic E-state index is 11.8. The molecule has 0 saturated heterocycles. The van der Waals surface area contributed by atoms with Crippen molar-refractivity contribution in [1.82, 2.24) is 9.71 Å². The van der Waals surface area contributed by atoms with Crippen LogP contribution in [0.2, 0.25) is 5.15 Å². The van der Waals surface area contributed by atoms with Crippen LogP contribution in [0.1, 0.15) is 13.3 Å². The molecule has 16 heavy (non-hydrogen) atoms. The number of hydrogen-bond donors (Lipinski definition) is 1. The Bertz CT molecular complexity index is 471. The highest BCUT2D eigenvalue weighted by atomic mass is 35.5. The highest BCUT2D eigenvalue weighted by molar-refractivity contribution is 7.89. The molecule has 0 unspecified atom stereocenters. The van der Waals surface area contributed by atoms with Gasteiger partial charge in [-0.2, -0.15) is 0 Å². The van der Waals surface area contributed by atoms with Crippen LogP contribution in [0.25, 0.3) is 0 Å². The standard InChI is InChI=1S/C10H13ClN2O2S/c1-2-3-4-8-13-16(14,15)9-6-5-7-12-10(9)11/h2-3,5-7,13H,4,8H2,1H3/b3-2+. The molecule has 1 heterocycles. The van der Waals surface area contributed by atoms with Crippen LogP contribution < -0.4 is 4.72 Å². The summed E-state index contributed by atoms with van der Waals surface area (Å²) in [5, 5.41) is -0.0129. The van der Waals surface area contributed by atoms with E-state index in [4.69, 9.17) is 11.6 Å². The summed E-state index contributed by atoms with van der Waals surface area (Å²) in [7, 11) is -3.55. The molecule has 1 aromatic rings. The molecule has 88 valence electrons. The van der Waals surface area contributed by atoms with E-state index in [1.165, 1.54) is 18.3 Å². The minimum absolute atomic E-state index is 0.0112. The van der Waals surface area contributed by atoms with E-state index in [-0.39, 0.29) is 10.0 Å². The van der Waals surface area contributed by atoms with Crippen molar-refractivity contribution in [3.63, 3.8) is 0 Å². The van der Waals surface area contributed by atoms with Gasteiger partial charge in [0.25, 0.3) is 0 Å². The van der Waals surface area contributed by atoms with Crippen LogP contribution in [0.15, 0.2) is 35.4 Å². The number of allylic oxidation sites excluding steroid dienone is 1. The second-order valence-corrected chi connectivity index (χ2v) is 5.14. The summed E-state index contributed by atoms with van der Waals surface area (Å²) in [6, 6.07) is 2.96. The van der Waals surface area contributed by atoms with Crippen LogP contribution in [0, 0.1) is 0 Å². The largest absolute Gasteiger partial charge is 0.243 e. The van der Waals surface area contributed by atoms with Crippen molar-refractivity contribution >= 4 is 21.6 Å². The molecule has 0 aliphatic carbocycles. The van der Waals surface area contributed by atoms with Crippen LogP contribution >= 0.6 is 11.6 Å². The lowest BCUT2D eigenvalue weighted by atomic mass is 10.4. The number of nitrogens with zero attached hydrogens (tertiary/aromatic N) is 1. The number of rotatable bonds is 5. The van der Waals surface area contributed by atoms with Gasteiger partial charge in [-0.25, -0.2) is 18.1 Å². The molecule has 0 spiro atoms. The summed E-state index contributed by atoms with van der Waals surface area (Å²) in [5.41, 5.74) is 0. The SMILES string of the molecule is C/C=C/CCNS(=O)(=O)c1cccnc1Cl. The number of sulfonamides is 1. The van der Waals surface area contributed by atoms with Crippen LogP contribution in [0.4, 0.5) is 0 Å². The third-order valence-electron chi connectivity index (χ3n) is 1.85. The van der Waals surface area contributed by atoms with Gasteiger partial charge in [-0.3, -0.25) is 0 Å². The van der Waals surface area contributed by atoms with Gasteiger partial charge < -0.3 is 0 Å². The number of nitrogens with one attached hydrogen (secondary N) is 1. The van der Waals surface area contributed by atoms with Gasteiger partial charge in [0.1, 0.15) is 10.0 Å². The first-order chi connectivity index (χ1) is 7.58. The molecule has 0 amide bonds. The normalized spacial score (nSPS) is 12.1. The molecule has 6 heteroatoms. The number of aromatic nitrogens is 1. The van der Waals surface area contributed by atoms with Crippen molar-refractivity contribution in [2.24, 2.45) is 0 Å². The van der Waals surface area contributed by atoms with Gasteiger partial charge >= 0.3 is 0 Å². The van der Waals surface area contributed by atoms with Gasteiger partial charge in [0.15, 0.2) is 0 Å². The van der Waals surface area contributed by atoms with Crippen LogP contribution in [0.3, 0.4) is 0 Å². The van der Waals surface area contributed by atoms with Gasteiger partial charge in [0.2, 0.25) is 10.0 Å². The minimum atomic E-state index is -3.55. The van der Waals surface area contributed by atoms with Crippen LogP contribution in [-0.4, -0.2) is 19.9 Å². The number of halogens is 1. The molecule has 1 N–H and O–H groups in total. The van der Waals surface area contributed by atoms with Gasteiger partial charge in [0, 0.05) is 12.7 Å². The van der Waals surface area contributed by atoms with E-state index in [1.807, 2.05) is 19.1 Å². The molecule has 0 fully saturated rings. The maximum Gasteiger partial charge on any atom is 0.243 e. The molecule has 4 nitrogen and oxygen atoms in total. The fourth-order valence-corrected chi connectivity index (χ4v) is 2.59. The maximum atomic E-state index is 11.8. The Balaban J connectivity index is 2.75. The number of pyridine rings is 1. The average molecular weight is 261 g/mol. The van der Waals surface area contributed by atoms with Crippen molar-refractivity contribution in [2.75, 3.05) is 6.54 Å². The summed E-state index contributed by atoms with van der Waals surface area (Å²) in [5.74, 6) is 0. The third kappa shape index (κ3) is 3.59. The van der Waals surface area contributed by atoms with Crippen LogP contribution in [0.5, 0.6) is 0 Å². The van der Waals surface area contributed by atoms with E-state index in [2.05, 4.69) is 9.71 Å². The molecule has 0 bridgehead atoms. The predicted octanol–water partition coefficient (Wildman–Crippen LogP) is 1.98. The Morgan fingerprint density at radius 1 is 1.56 bits per heavy atom. The fraction of sp³-hybridized carbons (Fsp3) is 0.300. The predicted molar refractivity (Wildman–Crippen MR) is 63.9 cm³/mol. The topological polar surface area (TPSA) is 59.1 Å². The fourth-order valence-electron chi connectivity index (χ4n) is 1.09. The highest BCUT2D eigenvalue weighted by Crippen LogP contribution is 2.17. The third-order valence-corrected chi connectivity index (χ3v) is 3.76. The molecule has 0 aliphatic rings. The zero-order chi connectivity index (χ0) is 12.0. The molecule has 0 radical (unpaired) electrons. The van der Waals surface area contributed by atoms with Gasteiger partial charge in [-0.15, -0.1) is 0 Å². The molecule has 0 atom stereocenters. The highest BCUT2D eigenvalue weighted by Gasteiger charge is 2.16. The summed E-state index contributed by atoms with van der Waals surface area (Å²) < 4.78 is 26.0. The van der Waals surface area contributed by atoms with Gasteiger partial charge in [0.05, 0.1) is 0 Å². The summed E-state index contributed by atoms with van der Waals surface area (Å²) >= 11 is 5.70. The van der Waals surface area contributed by atoms with Gasteiger partial charge in [-0.05, 0) is 25.5 Å². The van der Waals surface area contributed by atoms with E-state index in [0.717, 1.165) is 0 Å². The Labute approximate surface area is 100 Å². The first-order valence-corrected chi connectivity index (χ1v) is 6.65. The first kappa shape index (κ1) is 13.2. The first-order valence-electron chi connectivity index (χ1n) is 4.79. The second-order valence-electron chi connectivity index (χ2n) is 3.05. The van der Waals surface area contributed by atoms with E-state index < -0.39 is 10.0 Å². The Kier molecular flexibility index (Phi) is 4.92. The van der Waals surface area contributed by atoms with Crippen molar-refractivity contribution < 1.29 is 8.42 Å². The summed E-state index contributed by atoms with van der Waals surface area (Å²) in [6.07, 6.45) is 5.84. The quantitative estimate of drug-likeness (QED) is 0.500. The monoisotopic (exact) mass is 260 g/mol. The van der Waals surface area contributed by atoms with Crippen molar-refractivity contribution in [2.45, 2.75) is 18.2 Å². The zero-order valence-corrected chi connectivity index (χ0v) is 10.4. The van der Waals surface area contributed by atoms with E-state index in [0.29, 0.717) is 13.0 Å². The average Bonchev–Trinajstić information content (AvgIpc) is 2.25. The Morgan fingerprint density at radius 2 is 2.31 bits per heavy atom. The molecule has 1 aromatic heterocycles. The molecular formula is C10H13ClN2O2S. The van der Waals surface area contributed by atoms with Crippen molar-refractivity contribution in [3.05, 3.63) is 35.6 Å². The Morgan fingerprint density at radius 3 is 2.94 bits per heavy atom. The number of hydrogen-bond acceptors (Lipinski definition) is 3. The van der Waals surface area contributed by atoms with Crippen molar-refractivity contribution in [3.8, 4) is 0 Å². The van der Waals surface area contributed by atoms with Gasteiger partial charge in [-0.1, -0.05) is 23.8 Å². The summed E-state index contributed by atoms with van der Waals surface area (Å²) in [4.78, 5) is 3.73. The summed E-state index contributed by atoms with van der Waals surface area (Å²) in [6.45, 7) is 2.23. The van der Waals surface area contributed by atoms with E-state index in [9.17, 15) is 8.42 Å². The smallest absolute Gasteiger partial charge is 0.243 e. The lowest BCUT2D eigenvalue weighted by Crippen LogP contribution is -2.24. The van der Waals surface area contributed by atoms with Crippen molar-refractivity contribution in [1.29, 1.82) is 0 Å². The molecular weight excluding hydrogens is 248 g/mol. The van der Waals surface area contributed by atoms with E-state index in [1.54, 1.807) is 0 Å². The lowest BCUT2D eigenvalue weighted by molar-refractivity contribution is 0.582. The second kappa shape index (κ2) is 5.98. The molecule has 0 saturated carbocycles. The lowest BCUT2D eigenvalue weighted by Gasteiger charge is -2.06. The minimum Gasteiger partial charge on any atom is -0.243 e.